The topological polar surface area (TPSA) is 95.6 Å². The lowest BCUT2D eigenvalue weighted by Crippen LogP contribution is -2.57. The number of likely N-dealkylation sites (tertiary alicyclic amines) is 1. The number of hydrogen-bond donors (Lipinski definition) is 2. The number of halogens is 2. The maximum Gasteiger partial charge on any atom is 0.269 e. The lowest BCUT2D eigenvalue weighted by Gasteiger charge is -2.54. The van der Waals surface area contributed by atoms with Crippen molar-refractivity contribution >= 4 is 46.8 Å². The maximum absolute atomic E-state index is 13.7. The minimum absolute atomic E-state index is 0.345. The zero-order chi connectivity index (χ0) is 25.2. The number of alkyl halides is 2. The molecule has 7 rings (SSSR count). The number of amides is 4. The average molecular weight is 520 g/mol. The van der Waals surface area contributed by atoms with Gasteiger partial charge in [0.25, 0.3) is 11.8 Å². The third-order valence-electron chi connectivity index (χ3n) is 7.33. The molecule has 9 heteroatoms. The van der Waals surface area contributed by atoms with Crippen LogP contribution >= 0.6 is 23.2 Å². The first-order chi connectivity index (χ1) is 17.3. The molecule has 4 amide bonds. The van der Waals surface area contributed by atoms with Gasteiger partial charge in [0.05, 0.1) is 11.8 Å². The second-order valence-corrected chi connectivity index (χ2v) is 10.3. The summed E-state index contributed by atoms with van der Waals surface area (Å²) < 4.78 is 0. The predicted octanol–water partition coefficient (Wildman–Crippen LogP) is 3.04. The summed E-state index contributed by atoms with van der Waals surface area (Å²) in [5.41, 5.74) is 7.65. The van der Waals surface area contributed by atoms with E-state index in [2.05, 4.69) is 10.9 Å². The molecule has 3 aliphatic carbocycles. The smallest absolute Gasteiger partial charge is 0.269 e. The van der Waals surface area contributed by atoms with Crippen LogP contribution in [0.5, 0.6) is 0 Å². The summed E-state index contributed by atoms with van der Waals surface area (Å²) in [7, 11) is 0. The Morgan fingerprint density at radius 1 is 0.694 bits per heavy atom. The first-order valence-electron chi connectivity index (χ1n) is 11.4. The van der Waals surface area contributed by atoms with Gasteiger partial charge in [-0.05, 0) is 34.4 Å². The van der Waals surface area contributed by atoms with E-state index in [4.69, 9.17) is 23.2 Å². The molecule has 0 aromatic heterocycles. The van der Waals surface area contributed by atoms with E-state index in [1.807, 2.05) is 48.5 Å². The molecule has 1 saturated heterocycles. The fraction of sp³-hybridized carbons (Fsp3) is 0.185. The summed E-state index contributed by atoms with van der Waals surface area (Å²) in [6.07, 6.45) is 0. The normalized spacial score (nSPS) is 27.2. The van der Waals surface area contributed by atoms with Gasteiger partial charge in [-0.1, -0.05) is 66.7 Å². The van der Waals surface area contributed by atoms with Gasteiger partial charge in [0.2, 0.25) is 11.8 Å². The molecule has 0 spiro atoms. The molecule has 2 N–H and O–H groups in total. The van der Waals surface area contributed by atoms with E-state index in [0.717, 1.165) is 4.90 Å². The first kappa shape index (κ1) is 22.8. The predicted molar refractivity (Wildman–Crippen MR) is 132 cm³/mol. The van der Waals surface area contributed by atoms with Gasteiger partial charge in [-0.15, -0.1) is 23.2 Å². The molecule has 1 heterocycles. The van der Waals surface area contributed by atoms with Gasteiger partial charge in [-0.3, -0.25) is 34.9 Å². The molecular weight excluding hydrogens is 501 g/mol. The van der Waals surface area contributed by atoms with Gasteiger partial charge >= 0.3 is 0 Å². The number of benzene rings is 3. The highest BCUT2D eigenvalue weighted by molar-refractivity contribution is 6.36. The third-order valence-corrected chi connectivity index (χ3v) is 8.61. The Morgan fingerprint density at radius 2 is 1.11 bits per heavy atom. The van der Waals surface area contributed by atoms with Crippen molar-refractivity contribution in [2.24, 2.45) is 11.8 Å². The van der Waals surface area contributed by atoms with Crippen LogP contribution in [0.15, 0.2) is 78.9 Å². The fourth-order valence-corrected chi connectivity index (χ4v) is 6.95. The summed E-state index contributed by atoms with van der Waals surface area (Å²) in [5, 5.41) is 0. The van der Waals surface area contributed by atoms with Crippen LogP contribution in [0.2, 0.25) is 0 Å². The number of carbonyl (C=O) groups is 4. The van der Waals surface area contributed by atoms with Crippen LogP contribution in [0.1, 0.15) is 32.6 Å². The summed E-state index contributed by atoms with van der Waals surface area (Å²) >= 11 is 14.7. The highest BCUT2D eigenvalue weighted by atomic mass is 35.5. The van der Waals surface area contributed by atoms with Crippen molar-refractivity contribution in [1.82, 2.24) is 15.8 Å². The number of nitrogens with one attached hydrogen (secondary N) is 2. The monoisotopic (exact) mass is 519 g/mol. The quantitative estimate of drug-likeness (QED) is 0.316. The lowest BCUT2D eigenvalue weighted by molar-refractivity contribution is -0.143. The fourth-order valence-electron chi connectivity index (χ4n) is 5.85. The SMILES string of the molecule is O=C(CN1C(=O)[C@H]2[C@H](C1=O)C1(Cl)c3ccccc3C2(Cl)c2ccccc21)NNC(=O)c1ccccc1. The molecule has 2 bridgehead atoms. The molecule has 4 aliphatic rings. The van der Waals surface area contributed by atoms with Crippen LogP contribution < -0.4 is 10.9 Å². The zero-order valence-electron chi connectivity index (χ0n) is 18.7. The van der Waals surface area contributed by atoms with Gasteiger partial charge in [0, 0.05) is 5.56 Å². The van der Waals surface area contributed by atoms with Crippen molar-refractivity contribution in [1.29, 1.82) is 0 Å². The molecule has 36 heavy (non-hydrogen) atoms. The Hall–Kier alpha value is -3.68. The van der Waals surface area contributed by atoms with Crippen LogP contribution in [0.3, 0.4) is 0 Å². The van der Waals surface area contributed by atoms with Crippen LogP contribution in [-0.4, -0.2) is 35.1 Å². The van der Waals surface area contributed by atoms with Crippen LogP contribution in [0, 0.1) is 11.8 Å². The molecule has 0 saturated carbocycles. The van der Waals surface area contributed by atoms with E-state index in [0.29, 0.717) is 27.8 Å². The number of hydrazine groups is 1. The van der Waals surface area contributed by atoms with Crippen LogP contribution in [-0.2, 0) is 24.1 Å². The second kappa shape index (κ2) is 7.91. The largest absolute Gasteiger partial charge is 0.274 e. The van der Waals surface area contributed by atoms with Crippen molar-refractivity contribution in [2.45, 2.75) is 9.75 Å². The minimum atomic E-state index is -1.31. The molecular formula is C27H19Cl2N3O4. The number of nitrogens with zero attached hydrogens (tertiary/aromatic N) is 1. The van der Waals surface area contributed by atoms with Gasteiger partial charge in [-0.2, -0.15) is 0 Å². The van der Waals surface area contributed by atoms with Crippen molar-refractivity contribution in [2.75, 3.05) is 6.54 Å². The molecule has 180 valence electrons. The van der Waals surface area contributed by atoms with E-state index < -0.39 is 51.8 Å². The Balaban J connectivity index is 1.32. The Morgan fingerprint density at radius 3 is 1.56 bits per heavy atom. The Bertz CT molecular complexity index is 1340. The number of hydrogen-bond acceptors (Lipinski definition) is 4. The number of imide groups is 1. The standard InChI is InChI=1S/C27H19Cl2N3O4/c28-26-16-10-4-5-11-17(16)27(29,19-13-7-6-12-18(19)26)22-21(26)24(35)32(25(22)36)14-20(33)30-31-23(34)15-8-2-1-3-9-15/h1-13,21-22H,14H2,(H,30,33)(H,31,34)/t21-,22-,26?,27?/m1/s1. The van der Waals surface area contributed by atoms with Crippen molar-refractivity contribution < 1.29 is 19.2 Å². The summed E-state index contributed by atoms with van der Waals surface area (Å²) in [6, 6.07) is 22.9. The van der Waals surface area contributed by atoms with E-state index in [9.17, 15) is 19.2 Å². The third kappa shape index (κ3) is 2.87. The zero-order valence-corrected chi connectivity index (χ0v) is 20.2. The summed E-state index contributed by atoms with van der Waals surface area (Å²) in [4.78, 5) is 50.6. The molecule has 3 aromatic carbocycles. The highest BCUT2D eigenvalue weighted by Gasteiger charge is 2.73. The molecule has 2 atom stereocenters. The van der Waals surface area contributed by atoms with Gasteiger partial charge in [0.1, 0.15) is 16.3 Å². The summed E-state index contributed by atoms with van der Waals surface area (Å²) in [6.45, 7) is -0.577. The van der Waals surface area contributed by atoms with Crippen LogP contribution in [0.25, 0.3) is 0 Å². The molecule has 7 nitrogen and oxygen atoms in total. The number of rotatable bonds is 3. The molecule has 0 radical (unpaired) electrons. The molecule has 1 fully saturated rings. The average Bonchev–Trinajstić information content (AvgIpc) is 3.17. The van der Waals surface area contributed by atoms with E-state index in [1.165, 1.54) is 0 Å². The molecule has 1 aliphatic heterocycles. The minimum Gasteiger partial charge on any atom is -0.274 e. The van der Waals surface area contributed by atoms with E-state index in [-0.39, 0.29) is 0 Å². The van der Waals surface area contributed by atoms with Gasteiger partial charge in [-0.25, -0.2) is 0 Å². The van der Waals surface area contributed by atoms with Crippen molar-refractivity contribution in [3.8, 4) is 0 Å². The van der Waals surface area contributed by atoms with Crippen LogP contribution in [0.4, 0.5) is 0 Å². The Labute approximate surface area is 216 Å². The highest BCUT2D eigenvalue weighted by Crippen LogP contribution is 2.69. The first-order valence-corrected chi connectivity index (χ1v) is 12.1. The summed E-state index contributed by atoms with van der Waals surface area (Å²) in [5.74, 6) is -4.37. The van der Waals surface area contributed by atoms with Crippen molar-refractivity contribution in [3.05, 3.63) is 107 Å². The second-order valence-electron chi connectivity index (χ2n) is 9.10. The lowest BCUT2D eigenvalue weighted by atomic mass is 9.54. The van der Waals surface area contributed by atoms with E-state index in [1.54, 1.807) is 30.3 Å². The van der Waals surface area contributed by atoms with Crippen molar-refractivity contribution in [3.63, 3.8) is 0 Å². The number of carbonyl (C=O) groups excluding carboxylic acids is 4. The molecule has 0 unspecified atom stereocenters. The molecule has 3 aromatic rings. The Kier molecular flexibility index (Phi) is 5.00. The van der Waals surface area contributed by atoms with Gasteiger partial charge < -0.3 is 0 Å². The van der Waals surface area contributed by atoms with Gasteiger partial charge in [0.15, 0.2) is 0 Å². The maximum atomic E-state index is 13.7. The van der Waals surface area contributed by atoms with E-state index >= 15 is 0 Å².